The Labute approximate surface area is 289 Å². The Kier molecular flexibility index (Phi) is 26.4. The van der Waals surface area contributed by atoms with Gasteiger partial charge in [0.1, 0.15) is 5.78 Å². The molecule has 0 aromatic heterocycles. The van der Waals surface area contributed by atoms with E-state index in [2.05, 4.69) is 24.5 Å². The van der Waals surface area contributed by atoms with Gasteiger partial charge in [-0.3, -0.25) is 19.2 Å². The lowest BCUT2D eigenvalue weighted by atomic mass is 10.0. The SMILES string of the molecule is CC(C)CCCCCCCCC(=O)NCCOCCOCCCC(=O)c1ccc(C(=O)NCCOCCOCCCC(=O)C(C)C)cc1. The maximum atomic E-state index is 12.5. The van der Waals surface area contributed by atoms with Gasteiger partial charge in [-0.05, 0) is 37.3 Å². The maximum Gasteiger partial charge on any atom is 0.251 e. The summed E-state index contributed by atoms with van der Waals surface area (Å²) in [6.45, 7) is 12.7. The van der Waals surface area contributed by atoms with Crippen molar-refractivity contribution in [2.45, 2.75) is 105 Å². The topological polar surface area (TPSA) is 129 Å². The Morgan fingerprint density at radius 1 is 0.542 bits per heavy atom. The van der Waals surface area contributed by atoms with E-state index in [1.807, 2.05) is 13.8 Å². The molecule has 10 heteroatoms. The van der Waals surface area contributed by atoms with Gasteiger partial charge < -0.3 is 29.6 Å². The molecule has 2 N–H and O–H groups in total. The number of hydrogen-bond acceptors (Lipinski definition) is 8. The first kappa shape index (κ1) is 43.4. The van der Waals surface area contributed by atoms with Crippen molar-refractivity contribution in [1.29, 1.82) is 0 Å². The van der Waals surface area contributed by atoms with E-state index < -0.39 is 0 Å². The van der Waals surface area contributed by atoms with Crippen LogP contribution in [0.1, 0.15) is 125 Å². The van der Waals surface area contributed by atoms with Crippen LogP contribution in [0.15, 0.2) is 24.3 Å². The van der Waals surface area contributed by atoms with E-state index in [4.69, 9.17) is 18.9 Å². The number of carbonyl (C=O) groups is 4. The predicted octanol–water partition coefficient (Wildman–Crippen LogP) is 6.34. The van der Waals surface area contributed by atoms with Crippen molar-refractivity contribution < 1.29 is 38.1 Å². The minimum absolute atomic E-state index is 0.00123. The van der Waals surface area contributed by atoms with Crippen LogP contribution in [0, 0.1) is 11.8 Å². The van der Waals surface area contributed by atoms with Crippen LogP contribution in [0.3, 0.4) is 0 Å². The first-order valence-corrected chi connectivity index (χ1v) is 18.2. The molecule has 0 saturated heterocycles. The van der Waals surface area contributed by atoms with Crippen LogP contribution in [-0.4, -0.2) is 89.3 Å². The zero-order valence-electron chi connectivity index (χ0n) is 30.3. The summed E-state index contributed by atoms with van der Waals surface area (Å²) in [6.07, 6.45) is 11.2. The third-order valence-corrected chi connectivity index (χ3v) is 7.80. The lowest BCUT2D eigenvalue weighted by Crippen LogP contribution is -2.27. The Morgan fingerprint density at radius 2 is 1.04 bits per heavy atom. The number of rotatable bonds is 32. The fourth-order valence-electron chi connectivity index (χ4n) is 4.80. The van der Waals surface area contributed by atoms with Gasteiger partial charge in [-0.15, -0.1) is 0 Å². The lowest BCUT2D eigenvalue weighted by Gasteiger charge is -2.08. The van der Waals surface area contributed by atoms with Crippen molar-refractivity contribution in [3.05, 3.63) is 35.4 Å². The zero-order valence-corrected chi connectivity index (χ0v) is 30.3. The summed E-state index contributed by atoms with van der Waals surface area (Å²) in [4.78, 5) is 48.4. The van der Waals surface area contributed by atoms with Gasteiger partial charge in [-0.25, -0.2) is 0 Å². The van der Waals surface area contributed by atoms with Crippen molar-refractivity contribution in [1.82, 2.24) is 10.6 Å². The normalized spacial score (nSPS) is 11.3. The van der Waals surface area contributed by atoms with Gasteiger partial charge >= 0.3 is 0 Å². The van der Waals surface area contributed by atoms with Crippen LogP contribution in [0.25, 0.3) is 0 Å². The van der Waals surface area contributed by atoms with E-state index in [0.717, 1.165) is 18.8 Å². The highest BCUT2D eigenvalue weighted by molar-refractivity contribution is 5.98. The summed E-state index contributed by atoms with van der Waals surface area (Å²) in [6, 6.07) is 6.63. The number of nitrogens with one attached hydrogen (secondary N) is 2. The maximum absolute atomic E-state index is 12.5. The molecule has 1 aromatic carbocycles. The third kappa shape index (κ3) is 24.5. The van der Waals surface area contributed by atoms with Crippen LogP contribution in [0.5, 0.6) is 0 Å². The van der Waals surface area contributed by atoms with Crippen LogP contribution in [0.4, 0.5) is 0 Å². The Balaban J connectivity index is 1.97. The number of carbonyl (C=O) groups excluding carboxylic acids is 4. The smallest absolute Gasteiger partial charge is 0.251 e. The number of ether oxygens (including phenoxy) is 4. The number of Topliss-reactive ketones (excluding diaryl/α,β-unsaturated/α-hetero) is 2. The second-order valence-electron chi connectivity index (χ2n) is 12.9. The molecular formula is C38H64N2O8. The van der Waals surface area contributed by atoms with Crippen LogP contribution >= 0.6 is 0 Å². The van der Waals surface area contributed by atoms with Gasteiger partial charge in [0.2, 0.25) is 5.91 Å². The minimum atomic E-state index is -0.227. The average Bonchev–Trinajstić information content (AvgIpc) is 3.07. The van der Waals surface area contributed by atoms with Gasteiger partial charge in [0.25, 0.3) is 5.91 Å². The summed E-state index contributed by atoms with van der Waals surface area (Å²) in [5, 5.41) is 5.70. The number of unbranched alkanes of at least 4 members (excludes halogenated alkanes) is 5. The van der Waals surface area contributed by atoms with Crippen LogP contribution in [0.2, 0.25) is 0 Å². The monoisotopic (exact) mass is 676 g/mol. The molecule has 0 aliphatic carbocycles. The highest BCUT2D eigenvalue weighted by Gasteiger charge is 2.10. The van der Waals surface area contributed by atoms with Gasteiger partial charge in [0, 0.05) is 62.6 Å². The Morgan fingerprint density at radius 3 is 1.62 bits per heavy atom. The van der Waals surface area contributed by atoms with Crippen molar-refractivity contribution in [2.24, 2.45) is 11.8 Å². The number of hydrogen-bond donors (Lipinski definition) is 2. The summed E-state index contributed by atoms with van der Waals surface area (Å²) >= 11 is 0. The minimum Gasteiger partial charge on any atom is -0.379 e. The second kappa shape index (κ2) is 29.3. The molecule has 0 fully saturated rings. The molecule has 0 atom stereocenters. The molecule has 1 rings (SSSR count). The van der Waals surface area contributed by atoms with Crippen molar-refractivity contribution in [3.63, 3.8) is 0 Å². The Bertz CT molecular complexity index is 997. The van der Waals surface area contributed by atoms with E-state index in [1.165, 1.54) is 32.1 Å². The lowest BCUT2D eigenvalue weighted by molar-refractivity contribution is -0.122. The van der Waals surface area contributed by atoms with Gasteiger partial charge in [-0.1, -0.05) is 78.4 Å². The first-order chi connectivity index (χ1) is 23.2. The molecule has 274 valence electrons. The van der Waals surface area contributed by atoms with E-state index in [0.29, 0.717) is 109 Å². The summed E-state index contributed by atoms with van der Waals surface area (Å²) in [5.74, 6) is 0.962. The molecule has 0 bridgehead atoms. The predicted molar refractivity (Wildman–Crippen MR) is 189 cm³/mol. The molecule has 0 radical (unpaired) electrons. The summed E-state index contributed by atoms with van der Waals surface area (Å²) in [5.41, 5.74) is 1.04. The quantitative estimate of drug-likeness (QED) is 0.0668. The fraction of sp³-hybridized carbons (Fsp3) is 0.737. The van der Waals surface area contributed by atoms with E-state index in [9.17, 15) is 19.2 Å². The highest BCUT2D eigenvalue weighted by atomic mass is 16.5. The Hall–Kier alpha value is -2.66. The van der Waals surface area contributed by atoms with E-state index >= 15 is 0 Å². The summed E-state index contributed by atoms with van der Waals surface area (Å²) in [7, 11) is 0. The highest BCUT2D eigenvalue weighted by Crippen LogP contribution is 2.12. The van der Waals surface area contributed by atoms with E-state index in [-0.39, 0.29) is 29.3 Å². The third-order valence-electron chi connectivity index (χ3n) is 7.80. The first-order valence-electron chi connectivity index (χ1n) is 18.2. The molecule has 0 heterocycles. The second-order valence-corrected chi connectivity index (χ2v) is 12.9. The van der Waals surface area contributed by atoms with Gasteiger partial charge in [0.05, 0.1) is 39.6 Å². The van der Waals surface area contributed by atoms with Crippen molar-refractivity contribution in [2.75, 3.05) is 65.9 Å². The molecule has 48 heavy (non-hydrogen) atoms. The molecule has 0 saturated carbocycles. The number of benzene rings is 1. The molecule has 0 aliphatic heterocycles. The average molecular weight is 677 g/mol. The van der Waals surface area contributed by atoms with Gasteiger partial charge in [-0.2, -0.15) is 0 Å². The van der Waals surface area contributed by atoms with Gasteiger partial charge in [0.15, 0.2) is 5.78 Å². The number of amides is 2. The van der Waals surface area contributed by atoms with E-state index in [1.54, 1.807) is 24.3 Å². The molecule has 0 aliphatic rings. The standard InChI is InChI=1S/C38H64N2O8/c1-31(2)13-9-7-5-6-8-10-16-37(43)39-21-25-47-29-27-46-24-12-15-36(42)33-17-19-34(20-18-33)38(44)40-22-26-48-30-28-45-23-11-14-35(41)32(3)4/h17-20,31-32H,5-16,21-30H2,1-4H3,(H,39,43)(H,40,44). The number of ketones is 2. The van der Waals surface area contributed by atoms with Crippen LogP contribution in [-0.2, 0) is 28.5 Å². The van der Waals surface area contributed by atoms with Crippen LogP contribution < -0.4 is 10.6 Å². The molecule has 2 amide bonds. The molecular weight excluding hydrogens is 612 g/mol. The fourth-order valence-corrected chi connectivity index (χ4v) is 4.80. The molecule has 0 unspecified atom stereocenters. The zero-order chi connectivity index (χ0) is 35.2. The molecule has 0 spiro atoms. The van der Waals surface area contributed by atoms with Crippen molar-refractivity contribution in [3.8, 4) is 0 Å². The summed E-state index contributed by atoms with van der Waals surface area (Å²) < 4.78 is 22.0. The molecule has 10 nitrogen and oxygen atoms in total. The largest absolute Gasteiger partial charge is 0.379 e. The van der Waals surface area contributed by atoms with Crippen molar-refractivity contribution >= 4 is 23.4 Å². The molecule has 1 aromatic rings.